The number of hydrogen-bond acceptors (Lipinski definition) is 13. The molecule has 1 aromatic carbocycles. The number of alkyl carbamates (subject to hydrolysis) is 1. The summed E-state index contributed by atoms with van der Waals surface area (Å²) in [5.41, 5.74) is -0.566. The average molecular weight is 889 g/mol. The molecular weight excluding hydrogens is 829 g/mol. The summed E-state index contributed by atoms with van der Waals surface area (Å²) in [6, 6.07) is 5.29. The highest BCUT2D eigenvalue weighted by Crippen LogP contribution is 2.52. The van der Waals surface area contributed by atoms with Crippen LogP contribution in [0.15, 0.2) is 42.3 Å². The molecule has 0 spiro atoms. The van der Waals surface area contributed by atoms with Crippen LogP contribution in [0, 0.1) is 23.2 Å². The van der Waals surface area contributed by atoms with E-state index in [0.717, 1.165) is 37.2 Å². The summed E-state index contributed by atoms with van der Waals surface area (Å²) in [4.78, 5) is 66.0. The van der Waals surface area contributed by atoms with E-state index >= 15 is 0 Å². The van der Waals surface area contributed by atoms with Gasteiger partial charge in [-0.15, -0.1) is 17.9 Å². The van der Waals surface area contributed by atoms with Gasteiger partial charge >= 0.3 is 12.1 Å². The second kappa shape index (κ2) is 18.2. The van der Waals surface area contributed by atoms with Crippen molar-refractivity contribution in [3.8, 4) is 22.9 Å². The lowest BCUT2D eigenvalue weighted by atomic mass is 9.85. The highest BCUT2D eigenvalue weighted by molar-refractivity contribution is 7.14. The topological polar surface area (TPSA) is 200 Å². The summed E-state index contributed by atoms with van der Waals surface area (Å²) >= 11 is 1.46. The van der Waals surface area contributed by atoms with Gasteiger partial charge in [-0.1, -0.05) is 26.8 Å². The molecule has 16 nitrogen and oxygen atoms in total. The molecule has 2 aromatic heterocycles. The van der Waals surface area contributed by atoms with Gasteiger partial charge in [-0.3, -0.25) is 9.59 Å². The Morgan fingerprint density at radius 3 is 2.52 bits per heavy atom. The molecule has 340 valence electrons. The number of carbonyl (C=O) groups excluding carboxylic acids is 3. The van der Waals surface area contributed by atoms with Gasteiger partial charge in [0.1, 0.15) is 53.6 Å². The number of thiazole rings is 1. The second-order valence-corrected chi connectivity index (χ2v) is 19.9. The fourth-order valence-electron chi connectivity index (χ4n) is 9.13. The van der Waals surface area contributed by atoms with E-state index in [4.69, 9.17) is 33.7 Å². The predicted molar refractivity (Wildman–Crippen MR) is 235 cm³/mol. The zero-order chi connectivity index (χ0) is 44.6. The molecule has 63 heavy (non-hydrogen) atoms. The zero-order valence-electron chi connectivity index (χ0n) is 36.7. The minimum Gasteiger partial charge on any atom is -0.491 e. The van der Waals surface area contributed by atoms with Crippen molar-refractivity contribution in [3.05, 3.63) is 42.3 Å². The van der Waals surface area contributed by atoms with Gasteiger partial charge in [0.25, 0.3) is 0 Å². The van der Waals surface area contributed by atoms with Crippen molar-refractivity contribution in [1.82, 2.24) is 25.5 Å². The summed E-state index contributed by atoms with van der Waals surface area (Å²) in [6.45, 7) is 14.7. The molecule has 0 bridgehead atoms. The first-order valence-corrected chi connectivity index (χ1v) is 23.1. The van der Waals surface area contributed by atoms with Crippen molar-refractivity contribution in [1.29, 1.82) is 0 Å². The average Bonchev–Trinajstić information content (AvgIpc) is 3.91. The van der Waals surface area contributed by atoms with Crippen LogP contribution >= 0.6 is 11.3 Å². The number of ether oxygens (including phenoxy) is 5. The second-order valence-electron chi connectivity index (χ2n) is 19.0. The molecule has 3 saturated carbocycles. The van der Waals surface area contributed by atoms with E-state index in [0.29, 0.717) is 65.4 Å². The molecule has 4 heterocycles. The molecule has 17 heteroatoms. The molecule has 2 aliphatic heterocycles. The largest absolute Gasteiger partial charge is 0.491 e. The number of anilines is 1. The van der Waals surface area contributed by atoms with Crippen LogP contribution in [-0.4, -0.2) is 112 Å². The highest BCUT2D eigenvalue weighted by Gasteiger charge is 2.61. The number of likely N-dealkylation sites (tertiary alicyclic amines) is 1. The van der Waals surface area contributed by atoms with Crippen LogP contribution in [0.5, 0.6) is 11.5 Å². The van der Waals surface area contributed by atoms with E-state index in [9.17, 15) is 24.3 Å². The van der Waals surface area contributed by atoms with Crippen LogP contribution in [0.2, 0.25) is 0 Å². The number of benzene rings is 1. The standard InChI is InChI=1S/C46H60N6O10S/c1-7-28-22-46(28,42(55)56)51-40(53)36-20-31(23-52(36)41(54)39(45(4,5)6)50-44(57)62-30-17-26-16-27(26)18-30)61-37-21-34(35-24-63-43(49-35)47-25(2)3)48-33-19-29(11-12-32(33)37)58-14-15-60-38-10-8-9-13-59-38/h7,11-12,19,21,24-28,30-31,36,38-39H,1,8-10,13-18,20,22-23H2,2-6H3,(H,47,49)(H,50,57)(H,51,53)(H,55,56)/t26-,27?,28+,30?,31?,36-,38?,39?,46?/m0/s1. The van der Waals surface area contributed by atoms with Crippen molar-refractivity contribution in [2.24, 2.45) is 23.2 Å². The number of carbonyl (C=O) groups is 4. The maximum Gasteiger partial charge on any atom is 0.408 e. The van der Waals surface area contributed by atoms with Crippen LogP contribution < -0.4 is 25.4 Å². The van der Waals surface area contributed by atoms with Crippen LogP contribution in [-0.2, 0) is 28.6 Å². The molecular formula is C46H60N6O10S. The molecule has 3 aliphatic carbocycles. The molecule has 3 aromatic rings. The minimum absolute atomic E-state index is 0.0264. The Morgan fingerprint density at radius 1 is 1.05 bits per heavy atom. The molecule has 0 radical (unpaired) electrons. The van der Waals surface area contributed by atoms with Crippen LogP contribution in [0.3, 0.4) is 0 Å². The molecule has 2 saturated heterocycles. The van der Waals surface area contributed by atoms with Crippen LogP contribution in [0.4, 0.5) is 9.93 Å². The van der Waals surface area contributed by atoms with Gasteiger partial charge in [0.05, 0.1) is 24.4 Å². The molecule has 6 unspecified atom stereocenters. The number of pyridine rings is 1. The number of aliphatic carboxylic acids is 1. The van der Waals surface area contributed by atoms with E-state index < -0.39 is 58.9 Å². The summed E-state index contributed by atoms with van der Waals surface area (Å²) < 4.78 is 30.2. The fraction of sp³-hybridized carbons (Fsp3) is 0.609. The zero-order valence-corrected chi connectivity index (χ0v) is 37.5. The number of rotatable bonds is 17. The number of nitrogens with one attached hydrogen (secondary N) is 3. The lowest BCUT2D eigenvalue weighted by molar-refractivity contribution is -0.165. The first-order valence-electron chi connectivity index (χ1n) is 22.3. The van der Waals surface area contributed by atoms with Crippen molar-refractivity contribution >= 4 is 51.2 Å². The van der Waals surface area contributed by atoms with Crippen molar-refractivity contribution in [2.45, 2.75) is 128 Å². The number of aromatic nitrogens is 2. The fourth-order valence-corrected chi connectivity index (χ4v) is 9.98. The Bertz CT molecular complexity index is 2190. The molecule has 5 fully saturated rings. The Balaban J connectivity index is 1.06. The Kier molecular flexibility index (Phi) is 12.9. The summed E-state index contributed by atoms with van der Waals surface area (Å²) in [5, 5.41) is 22.4. The quantitative estimate of drug-likeness (QED) is 0.0843. The number of hydrogen-bond donors (Lipinski definition) is 4. The predicted octanol–water partition coefficient (Wildman–Crippen LogP) is 6.53. The van der Waals surface area contributed by atoms with Crippen LogP contribution in [0.25, 0.3) is 22.3 Å². The molecule has 9 atom stereocenters. The molecule has 5 aliphatic rings. The number of carboxylic acid groups (broad SMARTS) is 1. The first kappa shape index (κ1) is 44.6. The third-order valence-corrected chi connectivity index (χ3v) is 13.5. The molecule has 8 rings (SSSR count). The van der Waals surface area contributed by atoms with Gasteiger partial charge in [0.2, 0.25) is 11.8 Å². The number of fused-ring (bicyclic) bond motifs is 2. The lowest BCUT2D eigenvalue weighted by Crippen LogP contribution is -2.59. The maximum absolute atomic E-state index is 14.8. The summed E-state index contributed by atoms with van der Waals surface area (Å²) in [6.07, 6.45) is 5.69. The van der Waals surface area contributed by atoms with Gasteiger partial charge in [0.15, 0.2) is 11.4 Å². The van der Waals surface area contributed by atoms with Gasteiger partial charge in [-0.05, 0) is 88.2 Å². The summed E-state index contributed by atoms with van der Waals surface area (Å²) in [7, 11) is 0. The number of carboxylic acids is 1. The van der Waals surface area contributed by atoms with Gasteiger partial charge < -0.3 is 49.6 Å². The smallest absolute Gasteiger partial charge is 0.408 e. The van der Waals surface area contributed by atoms with Crippen LogP contribution in [0.1, 0.15) is 86.0 Å². The van der Waals surface area contributed by atoms with E-state index in [1.165, 1.54) is 28.7 Å². The number of nitrogens with zero attached hydrogens (tertiary/aromatic N) is 3. The van der Waals surface area contributed by atoms with E-state index in [2.05, 4.69) is 22.5 Å². The van der Waals surface area contributed by atoms with Crippen molar-refractivity contribution < 1.29 is 48.0 Å². The molecule has 3 amide bonds. The van der Waals surface area contributed by atoms with Gasteiger partial charge in [-0.25, -0.2) is 19.6 Å². The first-order chi connectivity index (χ1) is 30.1. The number of amides is 3. The third-order valence-electron chi connectivity index (χ3n) is 12.7. The third kappa shape index (κ3) is 10.2. The Labute approximate surface area is 371 Å². The van der Waals surface area contributed by atoms with E-state index in [1.54, 1.807) is 6.07 Å². The van der Waals surface area contributed by atoms with E-state index in [1.807, 2.05) is 58.2 Å². The molecule has 4 N–H and O–H groups in total. The SMILES string of the molecule is C=C[C@@H]1CC1(NC(=O)[C@@H]1CC(Oc2cc(-c3csc(NC(C)C)n3)nc3cc(OCCOC4CCCCO4)ccc23)CN1C(=O)C(NC(=O)OC1CC2C[C@H]2C1)C(C)(C)C)C(=O)O. The lowest BCUT2D eigenvalue weighted by Gasteiger charge is -2.35. The minimum atomic E-state index is -1.53. The highest BCUT2D eigenvalue weighted by atomic mass is 32.1. The monoisotopic (exact) mass is 888 g/mol. The van der Waals surface area contributed by atoms with Crippen molar-refractivity contribution in [3.63, 3.8) is 0 Å². The Morgan fingerprint density at radius 2 is 1.84 bits per heavy atom. The van der Waals surface area contributed by atoms with E-state index in [-0.39, 0.29) is 37.8 Å². The van der Waals surface area contributed by atoms with Gasteiger partial charge in [-0.2, -0.15) is 0 Å². The maximum atomic E-state index is 14.8. The van der Waals surface area contributed by atoms with Crippen molar-refractivity contribution in [2.75, 3.05) is 31.7 Å². The van der Waals surface area contributed by atoms with Gasteiger partial charge in [0, 0.05) is 47.9 Å². The normalized spacial score (nSPS) is 27.9. The Hall–Kier alpha value is -5.00. The summed E-state index contributed by atoms with van der Waals surface area (Å²) in [5.74, 6) is -0.552.